The SMILES string of the molecule is N#C[C@@H]1C[C@@H]2C[C@@H]2N1C(=O)CNC(=O)c1ccnc2cc(C3(C#N)CC3)ccc12. The Hall–Kier alpha value is -3.45. The van der Waals surface area contributed by atoms with Crippen LogP contribution in [-0.4, -0.2) is 40.3 Å². The summed E-state index contributed by atoms with van der Waals surface area (Å²) in [7, 11) is 0. The molecule has 2 aliphatic carbocycles. The Labute approximate surface area is 167 Å². The monoisotopic (exact) mass is 385 g/mol. The zero-order chi connectivity index (χ0) is 20.2. The molecule has 2 heterocycles. The van der Waals surface area contributed by atoms with Gasteiger partial charge in [-0.15, -0.1) is 0 Å². The Morgan fingerprint density at radius 2 is 2.07 bits per heavy atom. The van der Waals surface area contributed by atoms with Crippen LogP contribution in [0.2, 0.25) is 0 Å². The number of carbonyl (C=O) groups is 2. The Kier molecular flexibility index (Phi) is 3.82. The lowest BCUT2D eigenvalue weighted by Gasteiger charge is -2.22. The number of piperidine rings is 1. The summed E-state index contributed by atoms with van der Waals surface area (Å²) in [5.41, 5.74) is 1.63. The number of benzene rings is 1. The van der Waals surface area contributed by atoms with Crippen molar-refractivity contribution < 1.29 is 9.59 Å². The van der Waals surface area contributed by atoms with Crippen molar-refractivity contribution in [3.63, 3.8) is 0 Å². The van der Waals surface area contributed by atoms with Crippen LogP contribution in [0.5, 0.6) is 0 Å². The number of hydrogen-bond acceptors (Lipinski definition) is 5. The van der Waals surface area contributed by atoms with E-state index in [4.69, 9.17) is 0 Å². The highest BCUT2D eigenvalue weighted by atomic mass is 16.2. The predicted molar refractivity (Wildman–Crippen MR) is 103 cm³/mol. The molecule has 1 aromatic carbocycles. The van der Waals surface area contributed by atoms with Gasteiger partial charge in [0.05, 0.1) is 35.2 Å². The molecule has 1 saturated heterocycles. The zero-order valence-electron chi connectivity index (χ0n) is 15.8. The third-order valence-electron chi connectivity index (χ3n) is 6.45. The van der Waals surface area contributed by atoms with Crippen molar-refractivity contribution in [1.82, 2.24) is 15.2 Å². The first kappa shape index (κ1) is 17.6. The average Bonchev–Trinajstić information content (AvgIpc) is 3.68. The summed E-state index contributed by atoms with van der Waals surface area (Å²) in [4.78, 5) is 31.3. The van der Waals surface area contributed by atoms with Crippen LogP contribution in [0.25, 0.3) is 10.9 Å². The summed E-state index contributed by atoms with van der Waals surface area (Å²) in [6.45, 7) is -0.125. The van der Waals surface area contributed by atoms with Crippen molar-refractivity contribution in [3.8, 4) is 12.1 Å². The van der Waals surface area contributed by atoms with Gasteiger partial charge in [0.25, 0.3) is 5.91 Å². The predicted octanol–water partition coefficient (Wildman–Crippen LogP) is 2.03. The fourth-order valence-electron chi connectivity index (χ4n) is 4.51. The van der Waals surface area contributed by atoms with E-state index in [0.29, 0.717) is 22.4 Å². The number of likely N-dealkylation sites (tertiary alicyclic amines) is 1. The van der Waals surface area contributed by atoms with Gasteiger partial charge in [0, 0.05) is 17.6 Å². The van der Waals surface area contributed by atoms with Crippen LogP contribution in [0.1, 0.15) is 41.6 Å². The first-order valence-electron chi connectivity index (χ1n) is 9.86. The van der Waals surface area contributed by atoms with E-state index in [9.17, 15) is 20.1 Å². The highest BCUT2D eigenvalue weighted by Gasteiger charge is 2.54. The molecule has 3 fully saturated rings. The molecule has 2 amide bonds. The minimum absolute atomic E-state index is 0.125. The van der Waals surface area contributed by atoms with Crippen LogP contribution < -0.4 is 5.32 Å². The third-order valence-corrected chi connectivity index (χ3v) is 6.45. The van der Waals surface area contributed by atoms with E-state index in [2.05, 4.69) is 22.4 Å². The Morgan fingerprint density at radius 3 is 2.79 bits per heavy atom. The summed E-state index contributed by atoms with van der Waals surface area (Å²) in [5.74, 6) is -0.110. The molecule has 0 bridgehead atoms. The number of carbonyl (C=O) groups excluding carboxylic acids is 2. The molecule has 7 nitrogen and oxygen atoms in total. The van der Waals surface area contributed by atoms with Gasteiger partial charge in [-0.1, -0.05) is 12.1 Å². The second-order valence-electron chi connectivity index (χ2n) is 8.21. The molecule has 29 heavy (non-hydrogen) atoms. The van der Waals surface area contributed by atoms with E-state index in [1.54, 1.807) is 17.2 Å². The second-order valence-corrected chi connectivity index (χ2v) is 8.21. The number of aromatic nitrogens is 1. The maximum Gasteiger partial charge on any atom is 0.252 e. The van der Waals surface area contributed by atoms with Gasteiger partial charge in [-0.3, -0.25) is 14.6 Å². The topological polar surface area (TPSA) is 110 Å². The van der Waals surface area contributed by atoms with E-state index in [0.717, 1.165) is 31.2 Å². The van der Waals surface area contributed by atoms with Gasteiger partial charge in [0.2, 0.25) is 5.91 Å². The van der Waals surface area contributed by atoms with Gasteiger partial charge in [0.1, 0.15) is 6.04 Å². The molecule has 1 aliphatic heterocycles. The molecule has 0 spiro atoms. The fraction of sp³-hybridized carbons (Fsp3) is 0.409. The second kappa shape index (κ2) is 6.28. The number of nitrogens with zero attached hydrogens (tertiary/aromatic N) is 4. The summed E-state index contributed by atoms with van der Waals surface area (Å²) in [6.07, 6.45) is 4.95. The van der Waals surface area contributed by atoms with Crippen molar-refractivity contribution in [2.75, 3.05) is 6.54 Å². The molecule has 0 radical (unpaired) electrons. The fourth-order valence-corrected chi connectivity index (χ4v) is 4.51. The van der Waals surface area contributed by atoms with Crippen LogP contribution in [0.4, 0.5) is 0 Å². The summed E-state index contributed by atoms with van der Waals surface area (Å²) in [6, 6.07) is 11.6. The smallest absolute Gasteiger partial charge is 0.252 e. The van der Waals surface area contributed by atoms with Gasteiger partial charge in [-0.2, -0.15) is 10.5 Å². The third kappa shape index (κ3) is 2.82. The van der Waals surface area contributed by atoms with Gasteiger partial charge < -0.3 is 10.2 Å². The number of nitrogens with one attached hydrogen (secondary N) is 1. The van der Waals surface area contributed by atoms with Crippen molar-refractivity contribution >= 4 is 22.7 Å². The summed E-state index contributed by atoms with van der Waals surface area (Å²) in [5, 5.41) is 22.0. The molecule has 7 heteroatoms. The number of fused-ring (bicyclic) bond motifs is 2. The standard InChI is InChI=1S/C22H19N5O2/c23-10-15-7-13-8-19(13)27(15)20(28)11-26-21(29)17-3-6-25-18-9-14(1-2-16(17)18)22(12-24)4-5-22/h1-3,6,9,13,15,19H,4-5,7-8,11H2,(H,26,29)/t13-,15+,19+/m1/s1. The van der Waals surface area contributed by atoms with E-state index in [1.807, 2.05) is 18.2 Å². The lowest BCUT2D eigenvalue weighted by atomic mass is 9.95. The van der Waals surface area contributed by atoms with Gasteiger partial charge >= 0.3 is 0 Å². The van der Waals surface area contributed by atoms with Crippen LogP contribution in [0.15, 0.2) is 30.5 Å². The normalized spacial score (nSPS) is 25.6. The minimum Gasteiger partial charge on any atom is -0.343 e. The van der Waals surface area contributed by atoms with Crippen molar-refractivity contribution in [2.24, 2.45) is 5.92 Å². The molecular formula is C22H19N5O2. The van der Waals surface area contributed by atoms with Crippen LogP contribution >= 0.6 is 0 Å². The summed E-state index contributed by atoms with van der Waals surface area (Å²) >= 11 is 0. The molecule has 0 unspecified atom stereocenters. The Bertz CT molecular complexity index is 1120. The maximum absolute atomic E-state index is 12.7. The Morgan fingerprint density at radius 1 is 1.24 bits per heavy atom. The van der Waals surface area contributed by atoms with E-state index < -0.39 is 5.41 Å². The largest absolute Gasteiger partial charge is 0.343 e. The zero-order valence-corrected chi connectivity index (χ0v) is 15.8. The number of hydrogen-bond donors (Lipinski definition) is 1. The van der Waals surface area contributed by atoms with Gasteiger partial charge in [-0.05, 0) is 49.3 Å². The molecule has 1 N–H and O–H groups in total. The minimum atomic E-state index is -0.408. The first-order chi connectivity index (χ1) is 14.1. The number of rotatable bonds is 4. The molecule has 3 atom stereocenters. The van der Waals surface area contributed by atoms with E-state index in [-0.39, 0.29) is 30.4 Å². The Balaban J connectivity index is 1.33. The van der Waals surface area contributed by atoms with Gasteiger partial charge in [0.15, 0.2) is 0 Å². The van der Waals surface area contributed by atoms with E-state index in [1.165, 1.54) is 0 Å². The highest BCUT2D eigenvalue weighted by Crippen LogP contribution is 2.48. The van der Waals surface area contributed by atoms with Crippen LogP contribution in [0.3, 0.4) is 0 Å². The molecule has 1 aromatic heterocycles. The average molecular weight is 385 g/mol. The van der Waals surface area contributed by atoms with Crippen molar-refractivity contribution in [3.05, 3.63) is 41.6 Å². The van der Waals surface area contributed by atoms with Crippen LogP contribution in [-0.2, 0) is 10.2 Å². The van der Waals surface area contributed by atoms with Crippen molar-refractivity contribution in [2.45, 2.75) is 43.2 Å². The molecule has 3 aliphatic rings. The van der Waals surface area contributed by atoms with E-state index >= 15 is 0 Å². The molecule has 2 saturated carbocycles. The lowest BCUT2D eigenvalue weighted by Crippen LogP contribution is -2.44. The number of nitriles is 2. The number of pyridine rings is 1. The highest BCUT2D eigenvalue weighted by molar-refractivity contribution is 6.07. The first-order valence-corrected chi connectivity index (χ1v) is 9.86. The quantitative estimate of drug-likeness (QED) is 0.866. The lowest BCUT2D eigenvalue weighted by molar-refractivity contribution is -0.131. The maximum atomic E-state index is 12.7. The molecular weight excluding hydrogens is 366 g/mol. The van der Waals surface area contributed by atoms with Crippen LogP contribution in [0, 0.1) is 28.6 Å². The molecule has 5 rings (SSSR count). The van der Waals surface area contributed by atoms with Crippen molar-refractivity contribution in [1.29, 1.82) is 10.5 Å². The number of amides is 2. The van der Waals surface area contributed by atoms with Gasteiger partial charge in [-0.25, -0.2) is 0 Å². The summed E-state index contributed by atoms with van der Waals surface area (Å²) < 4.78 is 0. The molecule has 144 valence electrons. The molecule has 2 aromatic rings.